The van der Waals surface area contributed by atoms with Crippen molar-refractivity contribution in [3.63, 3.8) is 0 Å². The molecule has 0 amide bonds. The second kappa shape index (κ2) is 4.80. The average Bonchev–Trinajstić information content (AvgIpc) is 2.28. The molecule has 0 aromatic heterocycles. The minimum absolute atomic E-state index is 0.579. The van der Waals surface area contributed by atoms with Gasteiger partial charge < -0.3 is 5.32 Å². The largest absolute Gasteiger partial charge is 0.310 e. The Labute approximate surface area is 92.9 Å². The Kier molecular flexibility index (Phi) is 3.42. The number of nitrogens with one attached hydrogen (secondary N) is 1. The van der Waals surface area contributed by atoms with Gasteiger partial charge in [-0.2, -0.15) is 0 Å². The predicted molar refractivity (Wildman–Crippen MR) is 65.0 cm³/mol. The van der Waals surface area contributed by atoms with Crippen LogP contribution in [0.3, 0.4) is 0 Å². The summed E-state index contributed by atoms with van der Waals surface area (Å²) in [5.41, 5.74) is 3.08. The molecule has 2 atom stereocenters. The summed E-state index contributed by atoms with van der Waals surface area (Å²) in [5, 5.41) is 3.68. The Morgan fingerprint density at radius 2 is 2.13 bits per heavy atom. The van der Waals surface area contributed by atoms with E-state index >= 15 is 0 Å². The van der Waals surface area contributed by atoms with Crippen LogP contribution < -0.4 is 5.32 Å². The zero-order valence-corrected chi connectivity index (χ0v) is 9.79. The van der Waals surface area contributed by atoms with Crippen molar-refractivity contribution in [1.82, 2.24) is 5.32 Å². The van der Waals surface area contributed by atoms with Gasteiger partial charge in [0.25, 0.3) is 0 Å². The summed E-state index contributed by atoms with van der Waals surface area (Å²) in [4.78, 5) is 0. The van der Waals surface area contributed by atoms with Gasteiger partial charge in [-0.15, -0.1) is 0 Å². The molecule has 0 aliphatic heterocycles. The molecule has 0 saturated heterocycles. The first-order valence-electron chi connectivity index (χ1n) is 6.14. The lowest BCUT2D eigenvalue weighted by molar-refractivity contribution is 0.345. The lowest BCUT2D eigenvalue weighted by Gasteiger charge is -2.32. The summed E-state index contributed by atoms with van der Waals surface area (Å²) in [7, 11) is 0. The Morgan fingerprint density at radius 3 is 2.93 bits per heavy atom. The third kappa shape index (κ3) is 2.23. The van der Waals surface area contributed by atoms with E-state index in [1.807, 2.05) is 0 Å². The molecule has 1 nitrogen and oxygen atoms in total. The maximum Gasteiger partial charge on any atom is 0.0348 e. The molecule has 0 saturated carbocycles. The first kappa shape index (κ1) is 10.7. The van der Waals surface area contributed by atoms with Crippen molar-refractivity contribution in [3.05, 3.63) is 35.4 Å². The molecule has 1 aliphatic carbocycles. The number of fused-ring (bicyclic) bond motifs is 1. The molecule has 0 heterocycles. The lowest BCUT2D eigenvalue weighted by Crippen LogP contribution is -2.31. The van der Waals surface area contributed by atoms with Gasteiger partial charge in [0.2, 0.25) is 0 Å². The zero-order valence-electron chi connectivity index (χ0n) is 9.79. The van der Waals surface area contributed by atoms with Gasteiger partial charge in [0.05, 0.1) is 0 Å². The van der Waals surface area contributed by atoms with Crippen molar-refractivity contribution >= 4 is 0 Å². The highest BCUT2D eigenvalue weighted by molar-refractivity contribution is 5.32. The van der Waals surface area contributed by atoms with Gasteiger partial charge in [-0.05, 0) is 42.9 Å². The molecule has 0 radical (unpaired) electrons. The van der Waals surface area contributed by atoms with Crippen LogP contribution in [0.2, 0.25) is 0 Å². The minimum atomic E-state index is 0.579. The van der Waals surface area contributed by atoms with Crippen LogP contribution in [0.4, 0.5) is 0 Å². The molecule has 0 fully saturated rings. The van der Waals surface area contributed by atoms with Crippen LogP contribution in [0.25, 0.3) is 0 Å². The number of aryl methyl sites for hydroxylation is 1. The zero-order chi connectivity index (χ0) is 10.7. The molecule has 2 unspecified atom stereocenters. The molecule has 1 aromatic carbocycles. The van der Waals surface area contributed by atoms with Crippen molar-refractivity contribution in [2.45, 2.75) is 39.2 Å². The predicted octanol–water partition coefficient (Wildman–Crippen LogP) is 3.31. The summed E-state index contributed by atoms with van der Waals surface area (Å²) >= 11 is 0. The topological polar surface area (TPSA) is 12.0 Å². The van der Waals surface area contributed by atoms with E-state index in [4.69, 9.17) is 0 Å². The van der Waals surface area contributed by atoms with Crippen LogP contribution in [-0.2, 0) is 6.42 Å². The van der Waals surface area contributed by atoms with E-state index in [0.717, 1.165) is 12.5 Å². The number of rotatable bonds is 3. The maximum atomic E-state index is 3.68. The van der Waals surface area contributed by atoms with Gasteiger partial charge in [0.15, 0.2) is 0 Å². The van der Waals surface area contributed by atoms with E-state index in [2.05, 4.69) is 43.4 Å². The van der Waals surface area contributed by atoms with Crippen LogP contribution in [0, 0.1) is 5.92 Å². The van der Waals surface area contributed by atoms with Gasteiger partial charge in [-0.3, -0.25) is 0 Å². The third-order valence-electron chi connectivity index (χ3n) is 3.44. The van der Waals surface area contributed by atoms with Crippen molar-refractivity contribution in [3.8, 4) is 0 Å². The number of hydrogen-bond donors (Lipinski definition) is 1. The summed E-state index contributed by atoms with van der Waals surface area (Å²) < 4.78 is 0. The highest BCUT2D eigenvalue weighted by Gasteiger charge is 2.25. The Hall–Kier alpha value is -0.820. The van der Waals surface area contributed by atoms with Crippen LogP contribution >= 0.6 is 0 Å². The quantitative estimate of drug-likeness (QED) is 0.794. The van der Waals surface area contributed by atoms with Crippen molar-refractivity contribution in [1.29, 1.82) is 0 Å². The van der Waals surface area contributed by atoms with Gasteiger partial charge in [0, 0.05) is 6.04 Å². The van der Waals surface area contributed by atoms with E-state index in [0.29, 0.717) is 6.04 Å². The fraction of sp³-hybridized carbons (Fsp3) is 0.571. The van der Waals surface area contributed by atoms with Gasteiger partial charge >= 0.3 is 0 Å². The normalized spacial score (nSPS) is 24.9. The number of benzene rings is 1. The molecular formula is C14H21N. The van der Waals surface area contributed by atoms with Gasteiger partial charge in [0.1, 0.15) is 0 Å². The summed E-state index contributed by atoms with van der Waals surface area (Å²) in [6, 6.07) is 9.47. The Balaban J connectivity index is 2.21. The van der Waals surface area contributed by atoms with E-state index in [-0.39, 0.29) is 0 Å². The second-order valence-electron chi connectivity index (χ2n) is 4.65. The molecule has 82 valence electrons. The maximum absolute atomic E-state index is 3.68. The van der Waals surface area contributed by atoms with Crippen molar-refractivity contribution in [2.75, 3.05) is 6.54 Å². The van der Waals surface area contributed by atoms with E-state index in [1.54, 1.807) is 5.56 Å². The molecule has 15 heavy (non-hydrogen) atoms. The molecule has 0 spiro atoms. The Bertz CT molecular complexity index is 319. The Morgan fingerprint density at radius 1 is 1.33 bits per heavy atom. The molecule has 2 rings (SSSR count). The molecule has 1 heteroatoms. The van der Waals surface area contributed by atoms with Crippen LogP contribution in [0.5, 0.6) is 0 Å². The molecule has 1 aromatic rings. The fourth-order valence-corrected chi connectivity index (χ4v) is 2.53. The van der Waals surface area contributed by atoms with Crippen LogP contribution in [-0.4, -0.2) is 6.54 Å². The third-order valence-corrected chi connectivity index (χ3v) is 3.44. The van der Waals surface area contributed by atoms with Crippen LogP contribution in [0.15, 0.2) is 24.3 Å². The van der Waals surface area contributed by atoms with Gasteiger partial charge in [-0.25, -0.2) is 0 Å². The molecular weight excluding hydrogens is 182 g/mol. The van der Waals surface area contributed by atoms with Crippen LogP contribution in [0.1, 0.15) is 43.9 Å². The van der Waals surface area contributed by atoms with Gasteiger partial charge in [-0.1, -0.05) is 38.1 Å². The highest BCUT2D eigenvalue weighted by atomic mass is 14.9. The van der Waals surface area contributed by atoms with E-state index in [1.165, 1.54) is 24.8 Å². The molecule has 0 bridgehead atoms. The summed E-state index contributed by atoms with van der Waals surface area (Å²) in [5.74, 6) is 0.770. The standard InChI is InChI=1S/C14H21N/c1-3-10-15-14-11(2)8-9-12-6-4-5-7-13(12)14/h4-7,11,14-15H,3,8-10H2,1-2H3. The highest BCUT2D eigenvalue weighted by Crippen LogP contribution is 2.33. The first-order valence-corrected chi connectivity index (χ1v) is 6.14. The van der Waals surface area contributed by atoms with Crippen molar-refractivity contribution < 1.29 is 0 Å². The monoisotopic (exact) mass is 203 g/mol. The average molecular weight is 203 g/mol. The first-order chi connectivity index (χ1) is 7.33. The summed E-state index contributed by atoms with van der Waals surface area (Å²) in [6.45, 7) is 5.72. The van der Waals surface area contributed by atoms with E-state index < -0.39 is 0 Å². The second-order valence-corrected chi connectivity index (χ2v) is 4.65. The molecule has 1 N–H and O–H groups in total. The molecule has 1 aliphatic rings. The smallest absolute Gasteiger partial charge is 0.0348 e. The minimum Gasteiger partial charge on any atom is -0.310 e. The number of hydrogen-bond acceptors (Lipinski definition) is 1. The summed E-state index contributed by atoms with van der Waals surface area (Å²) in [6.07, 6.45) is 3.78. The lowest BCUT2D eigenvalue weighted by atomic mass is 9.81. The fourth-order valence-electron chi connectivity index (χ4n) is 2.53. The SMILES string of the molecule is CCCNC1c2ccccc2CCC1C. The van der Waals surface area contributed by atoms with Crippen molar-refractivity contribution in [2.24, 2.45) is 5.92 Å². The van der Waals surface area contributed by atoms with E-state index in [9.17, 15) is 0 Å².